The molecule has 1 aromatic carbocycles. The number of halogens is 1. The second-order valence-corrected chi connectivity index (χ2v) is 5.66. The fourth-order valence-electron chi connectivity index (χ4n) is 1.73. The van der Waals surface area contributed by atoms with Crippen LogP contribution in [0.4, 0.5) is 4.39 Å². The summed E-state index contributed by atoms with van der Waals surface area (Å²) in [6.07, 6.45) is -0.494. The molecule has 1 rings (SSSR count). The van der Waals surface area contributed by atoms with Gasteiger partial charge in [-0.2, -0.15) is 0 Å². The molecule has 19 heavy (non-hydrogen) atoms. The molecule has 0 heterocycles. The van der Waals surface area contributed by atoms with Gasteiger partial charge >= 0.3 is 0 Å². The first-order chi connectivity index (χ1) is 9.13. The summed E-state index contributed by atoms with van der Waals surface area (Å²) in [6.45, 7) is -0.207. The first kappa shape index (κ1) is 16.2. The van der Waals surface area contributed by atoms with E-state index in [0.717, 1.165) is 5.56 Å². The number of rotatable bonds is 8. The first-order valence-electron chi connectivity index (χ1n) is 5.95. The Morgan fingerprint density at radius 2 is 1.95 bits per heavy atom. The summed E-state index contributed by atoms with van der Waals surface area (Å²) < 4.78 is 34.5. The maximum absolute atomic E-state index is 12.6. The number of benzene rings is 1. The largest absolute Gasteiger partial charge is 0.384 e. The fourth-order valence-corrected chi connectivity index (χ4v) is 2.72. The van der Waals surface area contributed by atoms with E-state index in [9.17, 15) is 8.60 Å². The Kier molecular flexibility index (Phi) is 7.15. The lowest BCUT2D eigenvalue weighted by Crippen LogP contribution is -2.31. The van der Waals surface area contributed by atoms with Crippen molar-refractivity contribution >= 4 is 10.8 Å². The number of alkyl halides is 1. The average Bonchev–Trinajstić information content (AvgIpc) is 2.46. The summed E-state index contributed by atoms with van der Waals surface area (Å²) in [5, 5.41) is 0. The number of hydrogen-bond acceptors (Lipinski definition) is 4. The van der Waals surface area contributed by atoms with Gasteiger partial charge in [0.1, 0.15) is 6.67 Å². The zero-order valence-electron chi connectivity index (χ0n) is 11.2. The van der Waals surface area contributed by atoms with Gasteiger partial charge in [0.2, 0.25) is 0 Å². The van der Waals surface area contributed by atoms with E-state index in [1.165, 1.54) is 7.11 Å². The molecule has 1 aromatic rings. The minimum atomic E-state index is -1.09. The third kappa shape index (κ3) is 4.65. The predicted molar refractivity (Wildman–Crippen MR) is 73.3 cm³/mol. The lowest BCUT2D eigenvalue weighted by molar-refractivity contribution is 0.0720. The highest BCUT2D eigenvalue weighted by Crippen LogP contribution is 2.21. The number of hydrogen-bond donors (Lipinski definition) is 1. The standard InChI is InChI=1S/C13H20FNO3S/c1-17-7-8-19(16)11-5-3-10(4-6-11)13(18-2)12(15)9-14/h3-6,12-13H,7-9,15H2,1-2H3/t12-,13-,19?/m1/s1. The first-order valence-corrected chi connectivity index (χ1v) is 7.27. The van der Waals surface area contributed by atoms with E-state index in [-0.39, 0.29) is 0 Å². The van der Waals surface area contributed by atoms with Crippen LogP contribution >= 0.6 is 0 Å². The highest BCUT2D eigenvalue weighted by atomic mass is 32.2. The van der Waals surface area contributed by atoms with Crippen molar-refractivity contribution in [3.8, 4) is 0 Å². The number of methoxy groups -OCH3 is 2. The Morgan fingerprint density at radius 3 is 2.42 bits per heavy atom. The van der Waals surface area contributed by atoms with Crippen LogP contribution in [0.25, 0.3) is 0 Å². The van der Waals surface area contributed by atoms with Crippen molar-refractivity contribution < 1.29 is 18.1 Å². The van der Waals surface area contributed by atoms with E-state index in [0.29, 0.717) is 17.3 Å². The molecular formula is C13H20FNO3S. The van der Waals surface area contributed by atoms with Crippen LogP contribution in [0.1, 0.15) is 11.7 Å². The van der Waals surface area contributed by atoms with Crippen molar-refractivity contribution in [3.05, 3.63) is 29.8 Å². The Balaban J connectivity index is 2.77. The van der Waals surface area contributed by atoms with Crippen LogP contribution in [-0.2, 0) is 20.3 Å². The molecule has 6 heteroatoms. The van der Waals surface area contributed by atoms with Gasteiger partial charge in [-0.15, -0.1) is 0 Å². The molecule has 0 aliphatic heterocycles. The Morgan fingerprint density at radius 1 is 1.32 bits per heavy atom. The van der Waals surface area contributed by atoms with Crippen LogP contribution in [0.15, 0.2) is 29.2 Å². The topological polar surface area (TPSA) is 61.5 Å². The van der Waals surface area contributed by atoms with E-state index in [4.69, 9.17) is 15.2 Å². The monoisotopic (exact) mass is 289 g/mol. The van der Waals surface area contributed by atoms with Gasteiger partial charge in [0.15, 0.2) is 0 Å². The van der Waals surface area contributed by atoms with E-state index in [2.05, 4.69) is 0 Å². The Hall–Kier alpha value is -0.820. The third-order valence-corrected chi connectivity index (χ3v) is 4.10. The van der Waals surface area contributed by atoms with Crippen LogP contribution in [0.3, 0.4) is 0 Å². The molecule has 108 valence electrons. The summed E-state index contributed by atoms with van der Waals surface area (Å²) >= 11 is 0. The van der Waals surface area contributed by atoms with Crippen molar-refractivity contribution in [1.29, 1.82) is 0 Å². The summed E-state index contributed by atoms with van der Waals surface area (Å²) in [7, 11) is 1.97. The second-order valence-electron chi connectivity index (χ2n) is 4.09. The van der Waals surface area contributed by atoms with Crippen molar-refractivity contribution in [2.24, 2.45) is 5.73 Å². The third-order valence-electron chi connectivity index (χ3n) is 2.77. The molecule has 3 atom stereocenters. The quantitative estimate of drug-likeness (QED) is 0.786. The lowest BCUT2D eigenvalue weighted by Gasteiger charge is -2.20. The molecule has 4 nitrogen and oxygen atoms in total. The highest BCUT2D eigenvalue weighted by Gasteiger charge is 2.19. The van der Waals surface area contributed by atoms with E-state index in [1.54, 1.807) is 31.4 Å². The number of ether oxygens (including phenoxy) is 2. The van der Waals surface area contributed by atoms with E-state index < -0.39 is 29.6 Å². The lowest BCUT2D eigenvalue weighted by atomic mass is 10.0. The second kappa shape index (κ2) is 8.37. The summed E-state index contributed by atoms with van der Waals surface area (Å²) in [5.41, 5.74) is 6.42. The molecule has 0 saturated heterocycles. The van der Waals surface area contributed by atoms with Crippen LogP contribution < -0.4 is 5.73 Å². The number of nitrogens with two attached hydrogens (primary N) is 1. The maximum Gasteiger partial charge on any atom is 0.107 e. The molecular weight excluding hydrogens is 269 g/mol. The normalized spacial score (nSPS) is 16.0. The van der Waals surface area contributed by atoms with Crippen molar-refractivity contribution in [1.82, 2.24) is 0 Å². The van der Waals surface area contributed by atoms with E-state index >= 15 is 0 Å². The molecule has 2 N–H and O–H groups in total. The van der Waals surface area contributed by atoms with Gasteiger partial charge in [-0.1, -0.05) is 12.1 Å². The molecule has 0 spiro atoms. The van der Waals surface area contributed by atoms with Gasteiger partial charge in [-0.25, -0.2) is 4.39 Å². The minimum absolute atomic E-state index is 0.446. The molecule has 0 amide bonds. The molecule has 0 aromatic heterocycles. The van der Waals surface area contributed by atoms with Crippen LogP contribution in [0, 0.1) is 0 Å². The van der Waals surface area contributed by atoms with Crippen LogP contribution in [0.5, 0.6) is 0 Å². The van der Waals surface area contributed by atoms with Gasteiger partial charge in [0.05, 0.1) is 35.3 Å². The molecule has 0 bridgehead atoms. The van der Waals surface area contributed by atoms with Gasteiger partial charge in [0, 0.05) is 19.1 Å². The fraction of sp³-hybridized carbons (Fsp3) is 0.538. The van der Waals surface area contributed by atoms with E-state index in [1.807, 2.05) is 0 Å². The molecule has 0 saturated carbocycles. The van der Waals surface area contributed by atoms with Crippen molar-refractivity contribution in [3.63, 3.8) is 0 Å². The predicted octanol–water partition coefficient (Wildman–Crippen LogP) is 1.42. The highest BCUT2D eigenvalue weighted by molar-refractivity contribution is 7.85. The molecule has 0 aliphatic rings. The summed E-state index contributed by atoms with van der Waals surface area (Å²) in [6, 6.07) is 6.33. The van der Waals surface area contributed by atoms with Crippen LogP contribution in [0.2, 0.25) is 0 Å². The Bertz CT molecular complexity index is 399. The summed E-state index contributed by atoms with van der Waals surface area (Å²) in [4.78, 5) is 0.712. The molecule has 0 fully saturated rings. The van der Waals surface area contributed by atoms with Crippen molar-refractivity contribution in [2.75, 3.05) is 33.3 Å². The summed E-state index contributed by atoms with van der Waals surface area (Å²) in [5.74, 6) is 0.452. The average molecular weight is 289 g/mol. The Labute approximate surface area is 115 Å². The van der Waals surface area contributed by atoms with Crippen LogP contribution in [-0.4, -0.2) is 43.5 Å². The smallest absolute Gasteiger partial charge is 0.107 e. The zero-order valence-corrected chi connectivity index (χ0v) is 12.0. The van der Waals surface area contributed by atoms with Gasteiger partial charge in [0.25, 0.3) is 0 Å². The van der Waals surface area contributed by atoms with Gasteiger partial charge < -0.3 is 15.2 Å². The maximum atomic E-state index is 12.6. The molecule has 0 radical (unpaired) electrons. The SMILES string of the molecule is COCCS(=O)c1ccc([C@@H](OC)[C@H](N)CF)cc1. The molecule has 0 aliphatic carbocycles. The van der Waals surface area contributed by atoms with Gasteiger partial charge in [-0.3, -0.25) is 4.21 Å². The molecule has 1 unspecified atom stereocenters. The minimum Gasteiger partial charge on any atom is -0.384 e. The van der Waals surface area contributed by atoms with Gasteiger partial charge in [-0.05, 0) is 17.7 Å². The zero-order chi connectivity index (χ0) is 14.3. The van der Waals surface area contributed by atoms with Crippen molar-refractivity contribution in [2.45, 2.75) is 17.0 Å².